The van der Waals surface area contributed by atoms with Crippen molar-refractivity contribution in [3.8, 4) is 0 Å². The van der Waals surface area contributed by atoms with Crippen molar-refractivity contribution in [2.75, 3.05) is 27.2 Å². The lowest BCUT2D eigenvalue weighted by Gasteiger charge is -2.29. The molecule has 7 heteroatoms. The maximum atomic E-state index is 12.7. The molecule has 1 aromatic carbocycles. The molecule has 1 aromatic rings. The Kier molecular flexibility index (Phi) is 6.47. The van der Waals surface area contributed by atoms with E-state index in [2.05, 4.69) is 15.9 Å². The van der Waals surface area contributed by atoms with Crippen molar-refractivity contribution in [1.29, 1.82) is 0 Å². The summed E-state index contributed by atoms with van der Waals surface area (Å²) in [6, 6.07) is 4.69. The summed E-state index contributed by atoms with van der Waals surface area (Å²) in [5, 5.41) is 0.231. The van der Waals surface area contributed by atoms with Crippen LogP contribution in [0.5, 0.6) is 0 Å². The van der Waals surface area contributed by atoms with Crippen molar-refractivity contribution >= 4 is 37.6 Å². The largest absolute Gasteiger partial charge is 0.308 e. The highest BCUT2D eigenvalue weighted by Gasteiger charge is 2.29. The van der Waals surface area contributed by atoms with Gasteiger partial charge in [-0.3, -0.25) is 0 Å². The highest BCUT2D eigenvalue weighted by atomic mass is 79.9. The third-order valence-electron chi connectivity index (χ3n) is 2.91. The van der Waals surface area contributed by atoms with Gasteiger partial charge in [0.2, 0.25) is 10.0 Å². The van der Waals surface area contributed by atoms with Gasteiger partial charge in [-0.15, -0.1) is 0 Å². The van der Waals surface area contributed by atoms with Crippen LogP contribution in [0.4, 0.5) is 0 Å². The van der Waals surface area contributed by atoms with E-state index >= 15 is 0 Å². The van der Waals surface area contributed by atoms with E-state index in [1.165, 1.54) is 10.4 Å². The second-order valence-corrected chi connectivity index (χ2v) is 8.08. The molecular formula is C13H20BrClN2O2S. The zero-order valence-electron chi connectivity index (χ0n) is 12.1. The molecule has 20 heavy (non-hydrogen) atoms. The monoisotopic (exact) mass is 382 g/mol. The van der Waals surface area contributed by atoms with Gasteiger partial charge in [0.25, 0.3) is 0 Å². The van der Waals surface area contributed by atoms with Crippen molar-refractivity contribution < 1.29 is 8.42 Å². The summed E-state index contributed by atoms with van der Waals surface area (Å²) in [5.74, 6) is 0. The smallest absolute Gasteiger partial charge is 0.244 e. The molecule has 0 N–H and O–H groups in total. The molecule has 114 valence electrons. The minimum Gasteiger partial charge on any atom is -0.308 e. The topological polar surface area (TPSA) is 40.6 Å². The average Bonchev–Trinajstić information content (AvgIpc) is 2.27. The third-order valence-corrected chi connectivity index (χ3v) is 5.98. The molecule has 0 radical (unpaired) electrons. The van der Waals surface area contributed by atoms with Gasteiger partial charge in [-0.1, -0.05) is 34.5 Å². The zero-order chi connectivity index (χ0) is 15.5. The SMILES string of the molecule is CCN(C(C)CN(C)C)S(=O)(=O)c1ccc(Br)cc1Cl. The van der Waals surface area contributed by atoms with Gasteiger partial charge in [0.05, 0.1) is 5.02 Å². The maximum absolute atomic E-state index is 12.7. The average molecular weight is 384 g/mol. The minimum absolute atomic E-state index is 0.125. The number of rotatable bonds is 6. The summed E-state index contributed by atoms with van der Waals surface area (Å²) in [4.78, 5) is 2.11. The Labute approximate surface area is 134 Å². The van der Waals surface area contributed by atoms with Gasteiger partial charge < -0.3 is 4.90 Å². The molecule has 0 heterocycles. The number of halogens is 2. The summed E-state index contributed by atoms with van der Waals surface area (Å²) in [6.07, 6.45) is 0. The highest BCUT2D eigenvalue weighted by Crippen LogP contribution is 2.28. The van der Waals surface area contributed by atoms with E-state index in [1.807, 2.05) is 32.8 Å². The first kappa shape index (κ1) is 17.9. The number of likely N-dealkylation sites (N-methyl/N-ethyl adjacent to an activating group) is 2. The number of benzene rings is 1. The lowest BCUT2D eigenvalue weighted by Crippen LogP contribution is -2.43. The number of hydrogen-bond donors (Lipinski definition) is 0. The van der Waals surface area contributed by atoms with Crippen molar-refractivity contribution in [2.24, 2.45) is 0 Å². The molecule has 4 nitrogen and oxygen atoms in total. The molecule has 0 amide bonds. The summed E-state index contributed by atoms with van der Waals surface area (Å²) >= 11 is 9.36. The Bertz CT molecular complexity index is 563. The fourth-order valence-electron chi connectivity index (χ4n) is 2.15. The van der Waals surface area contributed by atoms with E-state index in [0.717, 1.165) is 4.47 Å². The maximum Gasteiger partial charge on any atom is 0.244 e. The molecule has 0 saturated carbocycles. The lowest BCUT2D eigenvalue weighted by molar-refractivity contribution is 0.271. The lowest BCUT2D eigenvalue weighted by atomic mass is 10.3. The second-order valence-electron chi connectivity index (χ2n) is 4.89. The van der Waals surface area contributed by atoms with Gasteiger partial charge in [0, 0.05) is 23.6 Å². The minimum atomic E-state index is -3.59. The van der Waals surface area contributed by atoms with Gasteiger partial charge in [0.15, 0.2) is 0 Å². The summed E-state index contributed by atoms with van der Waals surface area (Å²) < 4.78 is 27.7. The first-order valence-corrected chi connectivity index (χ1v) is 8.92. The summed E-state index contributed by atoms with van der Waals surface area (Å²) in [6.45, 7) is 4.79. The number of hydrogen-bond acceptors (Lipinski definition) is 3. The van der Waals surface area contributed by atoms with Gasteiger partial charge in [-0.05, 0) is 39.2 Å². The molecule has 0 spiro atoms. The molecule has 0 aliphatic heterocycles. The predicted octanol–water partition coefficient (Wildman–Crippen LogP) is 3.06. The molecule has 1 rings (SSSR count). The highest BCUT2D eigenvalue weighted by molar-refractivity contribution is 9.10. The molecule has 1 atom stereocenters. The molecule has 0 aliphatic carbocycles. The van der Waals surface area contributed by atoms with Crippen LogP contribution >= 0.6 is 27.5 Å². The molecule has 0 aliphatic rings. The molecule has 0 bridgehead atoms. The van der Waals surface area contributed by atoms with Crippen LogP contribution in [-0.4, -0.2) is 50.8 Å². The molecule has 0 aromatic heterocycles. The second kappa shape index (κ2) is 7.22. The normalized spacial score (nSPS) is 14.0. The van der Waals surface area contributed by atoms with Crippen molar-refractivity contribution in [3.05, 3.63) is 27.7 Å². The van der Waals surface area contributed by atoms with Crippen molar-refractivity contribution in [1.82, 2.24) is 9.21 Å². The Balaban J connectivity index is 3.18. The van der Waals surface area contributed by atoms with E-state index in [9.17, 15) is 8.42 Å². The van der Waals surface area contributed by atoms with E-state index in [1.54, 1.807) is 12.1 Å². The van der Waals surface area contributed by atoms with Crippen LogP contribution in [-0.2, 0) is 10.0 Å². The Morgan fingerprint density at radius 2 is 1.95 bits per heavy atom. The quantitative estimate of drug-likeness (QED) is 0.758. The van der Waals surface area contributed by atoms with Gasteiger partial charge in [-0.2, -0.15) is 4.31 Å². The fourth-order valence-corrected chi connectivity index (χ4v) is 4.79. The Hall–Kier alpha value is -0.140. The van der Waals surface area contributed by atoms with Gasteiger partial charge in [-0.25, -0.2) is 8.42 Å². The van der Waals surface area contributed by atoms with Crippen LogP contribution in [0.2, 0.25) is 5.02 Å². The molecule has 1 unspecified atom stereocenters. The first-order chi connectivity index (χ1) is 9.20. The Morgan fingerprint density at radius 1 is 1.35 bits per heavy atom. The van der Waals surface area contributed by atoms with Crippen LogP contribution in [0.25, 0.3) is 0 Å². The van der Waals surface area contributed by atoms with Crippen LogP contribution in [0, 0.1) is 0 Å². The van der Waals surface area contributed by atoms with E-state index < -0.39 is 10.0 Å². The van der Waals surface area contributed by atoms with E-state index in [0.29, 0.717) is 13.1 Å². The molecule has 0 saturated heterocycles. The van der Waals surface area contributed by atoms with Crippen LogP contribution in [0.15, 0.2) is 27.6 Å². The number of sulfonamides is 1. The molecule has 0 fully saturated rings. The first-order valence-electron chi connectivity index (χ1n) is 6.31. The van der Waals surface area contributed by atoms with Crippen molar-refractivity contribution in [3.63, 3.8) is 0 Å². The standard InChI is InChI=1S/C13H20BrClN2O2S/c1-5-17(10(2)9-16(3)4)20(18,19)13-7-6-11(14)8-12(13)15/h6-8,10H,5,9H2,1-4H3. The van der Waals surface area contributed by atoms with Gasteiger partial charge >= 0.3 is 0 Å². The predicted molar refractivity (Wildman–Crippen MR) is 86.7 cm³/mol. The third kappa shape index (κ3) is 4.18. The van der Waals surface area contributed by atoms with Crippen LogP contribution < -0.4 is 0 Å². The van der Waals surface area contributed by atoms with Crippen LogP contribution in [0.1, 0.15) is 13.8 Å². The van der Waals surface area contributed by atoms with Gasteiger partial charge in [0.1, 0.15) is 4.90 Å². The summed E-state index contributed by atoms with van der Waals surface area (Å²) in [7, 11) is 0.251. The van der Waals surface area contributed by atoms with E-state index in [-0.39, 0.29) is 16.0 Å². The van der Waals surface area contributed by atoms with E-state index in [4.69, 9.17) is 11.6 Å². The van der Waals surface area contributed by atoms with Crippen molar-refractivity contribution in [2.45, 2.75) is 24.8 Å². The zero-order valence-corrected chi connectivity index (χ0v) is 15.3. The summed E-state index contributed by atoms with van der Waals surface area (Å²) in [5.41, 5.74) is 0. The van der Waals surface area contributed by atoms with Crippen LogP contribution in [0.3, 0.4) is 0 Å². The molecular weight excluding hydrogens is 364 g/mol. The number of nitrogens with zero attached hydrogens (tertiary/aromatic N) is 2. The fraction of sp³-hybridized carbons (Fsp3) is 0.538. The Morgan fingerprint density at radius 3 is 2.40 bits per heavy atom.